The molecular formula is C78H119N15O38S. The minimum Gasteiger partial charge on any atom is -0.481 e. The topological polar surface area (TPSA) is 927 Å². The fraction of sp³-hybridized carbons (Fsp3) is 0.628. The molecule has 2 aromatic heterocycles. The van der Waals surface area contributed by atoms with Crippen LogP contribution in [0.5, 0.6) is 0 Å². The lowest BCUT2D eigenvalue weighted by Crippen LogP contribution is -2.53. The Morgan fingerprint density at radius 2 is 0.871 bits per heavy atom. The summed E-state index contributed by atoms with van der Waals surface area (Å²) < 4.78 is 0. The number of nitrogens with one attached hydrogen (secondary N) is 10. The maximum absolute atomic E-state index is 14.3. The van der Waals surface area contributed by atoms with E-state index in [9.17, 15) is 163 Å². The molecule has 132 heavy (non-hydrogen) atoms. The third kappa shape index (κ3) is 42.4. The highest BCUT2D eigenvalue weighted by molar-refractivity contribution is 7.80. The standard InChI is InChI=1S/C55H79N11O25.C23H40N4O13S/c1-2-34(70)31(11-15-42(78)79)62-52(88)27(6-14-41(77)59-22-37(73)46(83)48(85)39(75)24-68)18-35(71)32(12-16-43(80)81)63-51(87)26(5-13-40(76)58-21-36(72)45(82)47(84)38(74)23-67)17-30(69)9-10-33(54(90)91)64-50(86)25-3-7-28(8-4-25)57-19-29-20-60-49-44(61-29)53(89)66-55(56)65-49;1-10(2-3-17(32)25-7-15(30)19(35)20(36)16(31)8-28)21(37)26-6-12(24)22(38)27-13(5-18(33)34)14(29)4-11(9-41)23(39)40/h3-4,7-8,20,26-27,31-33,36-39,45-48,57,67-68,72-75,82-85H,2,5-6,9-19,21-24H2,1H3,(H,58,76)(H,59,77)(H,62,88)(H,63,87)(H,64,86)(H,78,79)(H,80,81)(H,90,91)(H3,56,60,65,66,89);10-13,15-16,19-20,28,30-31,35-36,41H,2-9,24H2,1H3,(H,25,32)(H,26,37)(H,27,38)(H,33,34)(H,39,40)/t26-,27-,31+,32+,33+,36+,37+,38-,39-,45-,46-,47-,48-;10-,11-,12-,13-,15-,16+,19+,20+/m10/s1. The minimum absolute atomic E-state index is 0.0210. The summed E-state index contributed by atoms with van der Waals surface area (Å²) in [6, 6.07) is -2.33. The van der Waals surface area contributed by atoms with Crippen molar-refractivity contribution in [3.63, 3.8) is 0 Å². The van der Waals surface area contributed by atoms with Gasteiger partial charge in [-0.15, -0.1) is 0 Å². The Hall–Kier alpha value is -11.5. The molecule has 21 atom stereocenters. The normalized spacial score (nSPS) is 16.1. The van der Waals surface area contributed by atoms with Gasteiger partial charge in [-0.2, -0.15) is 17.6 Å². The third-order valence-corrected chi connectivity index (χ3v) is 20.7. The van der Waals surface area contributed by atoms with Gasteiger partial charge in [0.1, 0.15) is 72.8 Å². The van der Waals surface area contributed by atoms with Crippen molar-refractivity contribution in [2.75, 3.05) is 62.8 Å². The summed E-state index contributed by atoms with van der Waals surface area (Å²) in [5.41, 5.74) is 11.4. The molecule has 0 unspecified atom stereocenters. The maximum atomic E-state index is 14.3. The summed E-state index contributed by atoms with van der Waals surface area (Å²) in [7, 11) is 0. The molecule has 0 aliphatic carbocycles. The first-order chi connectivity index (χ1) is 61.9. The van der Waals surface area contributed by atoms with Crippen molar-refractivity contribution in [2.24, 2.45) is 29.4 Å². The zero-order valence-corrected chi connectivity index (χ0v) is 72.5. The lowest BCUT2D eigenvalue weighted by molar-refractivity contribution is -0.144. The highest BCUT2D eigenvalue weighted by atomic mass is 32.1. The number of anilines is 2. The molecule has 34 N–H and O–H groups in total. The number of thiol groups is 1. The summed E-state index contributed by atoms with van der Waals surface area (Å²) in [6.45, 7) is -2.39. The van der Waals surface area contributed by atoms with Gasteiger partial charge in [-0.25, -0.2) is 14.8 Å². The molecule has 53 nitrogen and oxygen atoms in total. The van der Waals surface area contributed by atoms with Gasteiger partial charge in [-0.05, 0) is 62.8 Å². The first kappa shape index (κ1) is 117. The van der Waals surface area contributed by atoms with Crippen molar-refractivity contribution in [2.45, 2.75) is 233 Å². The van der Waals surface area contributed by atoms with Gasteiger partial charge in [-0.1, -0.05) is 13.8 Å². The van der Waals surface area contributed by atoms with Gasteiger partial charge in [0.25, 0.3) is 11.5 Å². The fourth-order valence-electron chi connectivity index (χ4n) is 12.0. The highest BCUT2D eigenvalue weighted by Crippen LogP contribution is 2.23. The Labute approximate surface area is 756 Å². The Balaban J connectivity index is 0.00000120. The van der Waals surface area contributed by atoms with E-state index < -0.39 is 369 Å². The molecule has 0 radical (unpaired) electrons. The largest absolute Gasteiger partial charge is 0.481 e. The van der Waals surface area contributed by atoms with Crippen molar-refractivity contribution >= 4 is 136 Å². The first-order valence-electron chi connectivity index (χ1n) is 41.2. The molecule has 0 fully saturated rings. The number of hydrogen-bond donors (Lipinski definition) is 33. The number of nitrogens with zero attached hydrogens (tertiary/aromatic N) is 3. The minimum atomic E-state index is -2.10. The lowest BCUT2D eigenvalue weighted by atomic mass is 9.89. The number of aliphatic carboxylic acids is 5. The Morgan fingerprint density at radius 1 is 0.447 bits per heavy atom. The predicted molar refractivity (Wildman–Crippen MR) is 452 cm³/mol. The number of H-pyrrole nitrogens is 1. The molecular weight excluding hydrogens is 1790 g/mol. The van der Waals surface area contributed by atoms with Crippen molar-refractivity contribution in [1.82, 2.24) is 62.5 Å². The number of benzene rings is 1. The van der Waals surface area contributed by atoms with Gasteiger partial charge in [0.15, 0.2) is 28.5 Å². The smallest absolute Gasteiger partial charge is 0.326 e. The number of aliphatic hydroxyl groups excluding tert-OH is 15. The molecule has 0 aliphatic rings. The Bertz CT molecular complexity index is 4400. The van der Waals surface area contributed by atoms with E-state index >= 15 is 0 Å². The van der Waals surface area contributed by atoms with Crippen LogP contribution < -0.4 is 64.9 Å². The number of rotatable bonds is 65. The monoisotopic (exact) mass is 1910 g/mol. The molecule has 0 aliphatic heterocycles. The first-order valence-corrected chi connectivity index (χ1v) is 41.8. The number of carboxylic acid groups (broad SMARTS) is 5. The molecule has 3 rings (SSSR count). The molecule has 8 amide bonds. The van der Waals surface area contributed by atoms with Crippen LogP contribution in [0.3, 0.4) is 0 Å². The summed E-state index contributed by atoms with van der Waals surface area (Å²) in [5.74, 6) is -23.4. The third-order valence-electron chi connectivity index (χ3n) is 20.3. The highest BCUT2D eigenvalue weighted by Gasteiger charge is 2.38. The van der Waals surface area contributed by atoms with Crippen LogP contribution in [0.1, 0.15) is 139 Å². The summed E-state index contributed by atoms with van der Waals surface area (Å²) >= 11 is 3.84. The number of carbonyl (C=O) groups is 17. The number of Topliss-reactive ketones (excluding diaryl/α,β-unsaturated/α-hetero) is 4. The molecule has 0 saturated carbocycles. The molecule has 2 heterocycles. The van der Waals surface area contributed by atoms with Crippen molar-refractivity contribution in [3.05, 3.63) is 52.1 Å². The SMILES string of the molecule is CCC(=O)[C@H](CCC(=O)O)NC(=O)[C@H](CCC(=O)NC[C@H](O)[C@@H](O)[C@H](O)[C@H](O)CO)CC(=O)[C@H](CCC(=O)O)NC(=O)[C@H](CCC(=O)NC[C@H](O)[C@@H](O)[C@H](O)[C@H](O)CO)CC(=O)CC[C@H](NC(=O)c1ccc(NCc2cnc3nc(N)[nH]c(=O)c3n2)cc1)C(=O)O.C[C@@H](CCC(=O)NC[C@H](O)[C@@H](O)[C@H](O)[C@H](O)CO)C(=O)NC[C@H](N)C(=O)N[C@@H](CC(=O)O)C(=O)C[C@@H](CS)C(=O)O. The number of amides is 8. The summed E-state index contributed by atoms with van der Waals surface area (Å²) in [4.78, 5) is 243. The van der Waals surface area contributed by atoms with Gasteiger partial charge < -0.3 is 161 Å². The second-order valence-electron chi connectivity index (χ2n) is 30.7. The van der Waals surface area contributed by atoms with E-state index in [0.29, 0.717) is 11.4 Å². The van der Waals surface area contributed by atoms with Crippen LogP contribution in [0, 0.1) is 23.7 Å². The van der Waals surface area contributed by atoms with Crippen molar-refractivity contribution in [1.29, 1.82) is 0 Å². The second kappa shape index (κ2) is 59.8. The lowest BCUT2D eigenvalue weighted by Gasteiger charge is -2.26. The number of aromatic nitrogens is 4. The quantitative estimate of drug-likeness (QED) is 0.0233. The van der Waals surface area contributed by atoms with Gasteiger partial charge in [0.2, 0.25) is 47.3 Å². The van der Waals surface area contributed by atoms with Crippen molar-refractivity contribution in [3.8, 4) is 0 Å². The van der Waals surface area contributed by atoms with Gasteiger partial charge in [-0.3, -0.25) is 86.5 Å². The van der Waals surface area contributed by atoms with E-state index in [0.717, 1.165) is 0 Å². The number of fused-ring (bicyclic) bond motifs is 1. The molecule has 740 valence electrons. The van der Waals surface area contributed by atoms with Gasteiger partial charge in [0.05, 0.1) is 87.0 Å². The number of nitrogens with two attached hydrogens (primary N) is 2. The van der Waals surface area contributed by atoms with E-state index in [-0.39, 0.29) is 54.2 Å². The van der Waals surface area contributed by atoms with Gasteiger partial charge in [0, 0.05) is 125 Å². The summed E-state index contributed by atoms with van der Waals surface area (Å²) in [5, 5.41) is 214. The maximum Gasteiger partial charge on any atom is 0.326 e. The Kier molecular flexibility index (Phi) is 52.9. The summed E-state index contributed by atoms with van der Waals surface area (Å²) in [6.07, 6.45) is -31.5. The molecule has 3 aromatic rings. The number of aliphatic hydroxyl groups is 15. The molecule has 54 heteroatoms. The van der Waals surface area contributed by atoms with Crippen LogP contribution in [-0.4, -0.2) is 378 Å². The number of carboxylic acids is 5. The number of carbonyl (C=O) groups excluding carboxylic acids is 12. The fourth-order valence-corrected chi connectivity index (χ4v) is 12.3. The number of ketones is 4. The van der Waals surface area contributed by atoms with Crippen LogP contribution in [0.25, 0.3) is 11.2 Å². The van der Waals surface area contributed by atoms with E-state index in [1.54, 1.807) is 0 Å². The average Bonchev–Trinajstić information content (AvgIpc) is 0.807. The number of nitrogen functional groups attached to an aromatic ring is 1. The number of hydrogen-bond acceptors (Lipinski definition) is 40. The van der Waals surface area contributed by atoms with E-state index in [4.69, 9.17) is 37.0 Å². The van der Waals surface area contributed by atoms with E-state index in [1.807, 2.05) is 0 Å². The Morgan fingerprint density at radius 3 is 1.30 bits per heavy atom. The van der Waals surface area contributed by atoms with Crippen LogP contribution in [-0.2, 0) is 83.3 Å². The predicted octanol–water partition coefficient (Wildman–Crippen LogP) is -11.7. The van der Waals surface area contributed by atoms with Crippen LogP contribution in [0.4, 0.5) is 11.6 Å². The number of aromatic amines is 1. The van der Waals surface area contributed by atoms with Crippen LogP contribution >= 0.6 is 12.6 Å². The second-order valence-corrected chi connectivity index (χ2v) is 31.0. The van der Waals surface area contributed by atoms with Crippen LogP contribution in [0.15, 0.2) is 35.3 Å². The molecule has 0 spiro atoms. The van der Waals surface area contributed by atoms with Crippen LogP contribution in [0.2, 0.25) is 0 Å². The molecule has 0 saturated heterocycles. The molecule has 0 bridgehead atoms. The van der Waals surface area contributed by atoms with E-state index in [1.165, 1.54) is 44.3 Å². The average molecular weight is 1910 g/mol. The zero-order valence-electron chi connectivity index (χ0n) is 71.6. The molecule has 1 aromatic carbocycles. The van der Waals surface area contributed by atoms with Gasteiger partial charge >= 0.3 is 29.8 Å². The van der Waals surface area contributed by atoms with E-state index in [2.05, 4.69) is 80.4 Å². The van der Waals surface area contributed by atoms with Crippen molar-refractivity contribution < 1.29 is 184 Å². The zero-order chi connectivity index (χ0) is 100.